The molecule has 0 unspecified atom stereocenters. The van der Waals surface area contributed by atoms with Gasteiger partial charge >= 0.3 is 0 Å². The minimum absolute atomic E-state index is 0.0636. The van der Waals surface area contributed by atoms with Crippen LogP contribution in [0.25, 0.3) is 15.9 Å². The number of nitrogens with one attached hydrogen (secondary N) is 1. The zero-order valence-electron chi connectivity index (χ0n) is 16.6. The molecule has 0 saturated carbocycles. The quantitative estimate of drug-likeness (QED) is 0.336. The van der Waals surface area contributed by atoms with Crippen molar-refractivity contribution in [3.8, 4) is 5.69 Å². The highest BCUT2D eigenvalue weighted by atomic mass is 32.2. The normalized spacial score (nSPS) is 11.1. The predicted octanol–water partition coefficient (Wildman–Crippen LogP) is 5.07. The first-order chi connectivity index (χ1) is 14.8. The first-order valence-corrected chi connectivity index (χ1v) is 11.1. The zero-order valence-corrected chi connectivity index (χ0v) is 18.2. The molecule has 31 heavy (non-hydrogen) atoms. The number of fused-ring (bicyclic) bond motifs is 1. The molecule has 0 fully saturated rings. The number of rotatable bonds is 5. The van der Waals surface area contributed by atoms with Crippen molar-refractivity contribution in [3.63, 3.8) is 0 Å². The summed E-state index contributed by atoms with van der Waals surface area (Å²) in [5, 5.41) is 4.70. The van der Waals surface area contributed by atoms with Crippen molar-refractivity contribution in [2.75, 3.05) is 11.1 Å². The van der Waals surface area contributed by atoms with Crippen LogP contribution >= 0.6 is 23.1 Å². The number of carbonyl (C=O) groups is 1. The van der Waals surface area contributed by atoms with Crippen LogP contribution in [0.2, 0.25) is 0 Å². The number of nitrogens with zero attached hydrogens (tertiary/aromatic N) is 2. The number of aryl methyl sites for hydroxylation is 2. The SMILES string of the molecule is Cc1cc(C)cc(-n2c(SCC(=O)Nc3ccc(F)c(F)c3)nc3ccsc3c2=O)c1. The first kappa shape index (κ1) is 21.2. The fourth-order valence-corrected chi connectivity index (χ4v) is 4.77. The van der Waals surface area contributed by atoms with E-state index in [2.05, 4.69) is 10.3 Å². The second kappa shape index (κ2) is 8.60. The summed E-state index contributed by atoms with van der Waals surface area (Å²) in [6.45, 7) is 3.89. The van der Waals surface area contributed by atoms with E-state index in [1.807, 2.05) is 32.0 Å². The molecule has 2 heterocycles. The Morgan fingerprint density at radius 1 is 1.10 bits per heavy atom. The van der Waals surface area contributed by atoms with Crippen molar-refractivity contribution in [3.05, 3.63) is 81.0 Å². The summed E-state index contributed by atoms with van der Waals surface area (Å²) in [6, 6.07) is 10.7. The maximum atomic E-state index is 13.4. The third-order valence-corrected chi connectivity index (χ3v) is 6.28. The van der Waals surface area contributed by atoms with Crippen LogP contribution in [0.15, 0.2) is 57.8 Å². The summed E-state index contributed by atoms with van der Waals surface area (Å²) in [7, 11) is 0. The topological polar surface area (TPSA) is 64.0 Å². The van der Waals surface area contributed by atoms with Gasteiger partial charge in [-0.2, -0.15) is 0 Å². The van der Waals surface area contributed by atoms with Crippen LogP contribution in [0.1, 0.15) is 11.1 Å². The van der Waals surface area contributed by atoms with E-state index in [9.17, 15) is 18.4 Å². The minimum Gasteiger partial charge on any atom is -0.325 e. The van der Waals surface area contributed by atoms with Crippen molar-refractivity contribution >= 4 is 44.9 Å². The number of benzene rings is 2. The molecule has 9 heteroatoms. The van der Waals surface area contributed by atoms with Crippen LogP contribution in [-0.4, -0.2) is 21.2 Å². The number of hydrogen-bond donors (Lipinski definition) is 1. The van der Waals surface area contributed by atoms with Gasteiger partial charge in [0.1, 0.15) is 4.70 Å². The maximum Gasteiger partial charge on any atom is 0.276 e. The fourth-order valence-electron chi connectivity index (χ4n) is 3.20. The van der Waals surface area contributed by atoms with Crippen LogP contribution in [0.5, 0.6) is 0 Å². The monoisotopic (exact) mass is 457 g/mol. The number of aromatic nitrogens is 2. The van der Waals surface area contributed by atoms with Crippen LogP contribution in [0.4, 0.5) is 14.5 Å². The molecule has 2 aromatic carbocycles. The van der Waals surface area contributed by atoms with Gasteiger partial charge in [-0.25, -0.2) is 13.8 Å². The van der Waals surface area contributed by atoms with Crippen LogP contribution in [0.3, 0.4) is 0 Å². The number of amides is 1. The lowest BCUT2D eigenvalue weighted by molar-refractivity contribution is -0.113. The molecule has 0 aliphatic rings. The van der Waals surface area contributed by atoms with E-state index in [0.29, 0.717) is 21.1 Å². The van der Waals surface area contributed by atoms with E-state index >= 15 is 0 Å². The van der Waals surface area contributed by atoms with Gasteiger partial charge in [0.05, 0.1) is 17.0 Å². The molecule has 158 valence electrons. The highest BCUT2D eigenvalue weighted by Gasteiger charge is 2.16. The molecule has 0 bridgehead atoms. The summed E-state index contributed by atoms with van der Waals surface area (Å²) in [5.74, 6) is -2.52. The van der Waals surface area contributed by atoms with Gasteiger partial charge in [0.15, 0.2) is 16.8 Å². The molecular formula is C22H17F2N3O2S2. The number of thioether (sulfide) groups is 1. The number of carbonyl (C=O) groups excluding carboxylic acids is 1. The number of thiophene rings is 1. The number of anilines is 1. The highest BCUT2D eigenvalue weighted by molar-refractivity contribution is 7.99. The molecule has 0 aliphatic carbocycles. The summed E-state index contributed by atoms with van der Waals surface area (Å²) in [6.07, 6.45) is 0. The molecule has 0 atom stereocenters. The fraction of sp³-hybridized carbons (Fsp3) is 0.136. The van der Waals surface area contributed by atoms with Crippen LogP contribution in [-0.2, 0) is 4.79 Å². The second-order valence-electron chi connectivity index (χ2n) is 6.98. The smallest absolute Gasteiger partial charge is 0.276 e. The predicted molar refractivity (Wildman–Crippen MR) is 120 cm³/mol. The van der Waals surface area contributed by atoms with E-state index in [4.69, 9.17) is 0 Å². The van der Waals surface area contributed by atoms with Gasteiger partial charge < -0.3 is 5.32 Å². The van der Waals surface area contributed by atoms with E-state index in [1.54, 1.807) is 11.4 Å². The molecule has 5 nitrogen and oxygen atoms in total. The van der Waals surface area contributed by atoms with E-state index < -0.39 is 17.5 Å². The zero-order chi connectivity index (χ0) is 22.1. The van der Waals surface area contributed by atoms with Gasteiger partial charge in [-0.1, -0.05) is 17.8 Å². The van der Waals surface area contributed by atoms with Gasteiger partial charge in [0.25, 0.3) is 5.56 Å². The Morgan fingerprint density at radius 3 is 2.55 bits per heavy atom. The molecule has 0 radical (unpaired) electrons. The Labute approximate surface area is 184 Å². The number of halogens is 2. The molecule has 2 aromatic heterocycles. The van der Waals surface area contributed by atoms with E-state index in [0.717, 1.165) is 35.0 Å². The molecule has 0 spiro atoms. The summed E-state index contributed by atoms with van der Waals surface area (Å²) >= 11 is 2.42. The van der Waals surface area contributed by atoms with E-state index in [-0.39, 0.29) is 17.0 Å². The van der Waals surface area contributed by atoms with Gasteiger partial charge in [0.2, 0.25) is 5.91 Å². The van der Waals surface area contributed by atoms with Crippen molar-refractivity contribution in [1.29, 1.82) is 0 Å². The van der Waals surface area contributed by atoms with Gasteiger partial charge in [-0.3, -0.25) is 14.2 Å². The molecule has 1 amide bonds. The van der Waals surface area contributed by atoms with Crippen LogP contribution < -0.4 is 10.9 Å². The highest BCUT2D eigenvalue weighted by Crippen LogP contribution is 2.25. The lowest BCUT2D eigenvalue weighted by Crippen LogP contribution is -2.22. The molecule has 4 aromatic rings. The summed E-state index contributed by atoms with van der Waals surface area (Å²) in [4.78, 5) is 30.1. The van der Waals surface area contributed by atoms with Gasteiger partial charge in [-0.15, -0.1) is 11.3 Å². The number of hydrogen-bond acceptors (Lipinski definition) is 5. The Kier molecular flexibility index (Phi) is 5.88. The third kappa shape index (κ3) is 4.52. The largest absolute Gasteiger partial charge is 0.325 e. The standard InChI is InChI=1S/C22H17F2N3O2S2/c1-12-7-13(2)9-15(8-12)27-21(29)20-18(5-6-30-20)26-22(27)31-11-19(28)25-14-3-4-16(23)17(24)10-14/h3-10H,11H2,1-2H3,(H,25,28). The summed E-state index contributed by atoms with van der Waals surface area (Å²) in [5.41, 5.74) is 3.19. The molecule has 0 aliphatic heterocycles. The molecule has 4 rings (SSSR count). The van der Waals surface area contributed by atoms with Crippen molar-refractivity contribution in [2.24, 2.45) is 0 Å². The lowest BCUT2D eigenvalue weighted by Gasteiger charge is -2.13. The Balaban J connectivity index is 1.65. The van der Waals surface area contributed by atoms with E-state index in [1.165, 1.54) is 22.0 Å². The molecule has 1 N–H and O–H groups in total. The average Bonchev–Trinajstić information content (AvgIpc) is 3.17. The molecule has 0 saturated heterocycles. The Hall–Kier alpha value is -3.04. The van der Waals surface area contributed by atoms with Crippen molar-refractivity contribution in [1.82, 2.24) is 9.55 Å². The second-order valence-corrected chi connectivity index (χ2v) is 8.84. The van der Waals surface area contributed by atoms with Crippen molar-refractivity contribution < 1.29 is 13.6 Å². The third-order valence-electron chi connectivity index (χ3n) is 4.45. The average molecular weight is 458 g/mol. The van der Waals surface area contributed by atoms with Crippen molar-refractivity contribution in [2.45, 2.75) is 19.0 Å². The Bertz CT molecular complexity index is 1340. The Morgan fingerprint density at radius 2 is 1.84 bits per heavy atom. The van der Waals surface area contributed by atoms with Gasteiger partial charge in [-0.05, 0) is 60.7 Å². The lowest BCUT2D eigenvalue weighted by atomic mass is 10.1. The van der Waals surface area contributed by atoms with Crippen LogP contribution in [0, 0.1) is 25.5 Å². The van der Waals surface area contributed by atoms with Gasteiger partial charge in [0, 0.05) is 11.8 Å². The minimum atomic E-state index is -1.04. The first-order valence-electron chi connectivity index (χ1n) is 9.28. The molecular weight excluding hydrogens is 440 g/mol. The summed E-state index contributed by atoms with van der Waals surface area (Å²) < 4.78 is 28.5. The maximum absolute atomic E-state index is 13.4.